The van der Waals surface area contributed by atoms with Gasteiger partial charge in [0.1, 0.15) is 5.75 Å². The summed E-state index contributed by atoms with van der Waals surface area (Å²) in [6.07, 6.45) is 0. The molecule has 122 valence electrons. The fourth-order valence-corrected chi connectivity index (χ4v) is 3.58. The number of para-hydroxylation sites is 1. The van der Waals surface area contributed by atoms with E-state index in [0.29, 0.717) is 11.7 Å². The highest BCUT2D eigenvalue weighted by Gasteiger charge is 2.16. The third-order valence-corrected chi connectivity index (χ3v) is 4.84. The van der Waals surface area contributed by atoms with Crippen molar-refractivity contribution in [3.8, 4) is 10.9 Å². The predicted octanol–water partition coefficient (Wildman–Crippen LogP) is 3.02. The van der Waals surface area contributed by atoms with E-state index in [1.807, 2.05) is 48.5 Å². The number of rotatable bonds is 4. The first kappa shape index (κ1) is 15.1. The second-order valence-corrected chi connectivity index (χ2v) is 6.75. The van der Waals surface area contributed by atoms with Crippen LogP contribution in [-0.4, -0.2) is 35.4 Å². The molecule has 0 spiro atoms. The Labute approximate surface area is 143 Å². The van der Waals surface area contributed by atoms with E-state index in [0.717, 1.165) is 35.6 Å². The summed E-state index contributed by atoms with van der Waals surface area (Å²) in [5.74, 6) is 0.867. The van der Waals surface area contributed by atoms with Crippen molar-refractivity contribution >= 4 is 27.5 Å². The highest BCUT2D eigenvalue weighted by Crippen LogP contribution is 2.31. The van der Waals surface area contributed by atoms with Crippen LogP contribution in [-0.2, 0) is 11.3 Å². The molecule has 0 aliphatic carbocycles. The number of piperazine rings is 1. The van der Waals surface area contributed by atoms with Crippen LogP contribution in [0.4, 0.5) is 0 Å². The van der Waals surface area contributed by atoms with Crippen LogP contribution in [0, 0.1) is 0 Å². The number of hydrogen-bond acceptors (Lipinski definition) is 5. The summed E-state index contributed by atoms with van der Waals surface area (Å²) in [5, 5.41) is 3.49. The van der Waals surface area contributed by atoms with Crippen molar-refractivity contribution in [3.05, 3.63) is 54.1 Å². The van der Waals surface area contributed by atoms with Crippen LogP contribution in [0.25, 0.3) is 10.2 Å². The molecule has 1 aliphatic rings. The molecule has 1 aliphatic heterocycles. The van der Waals surface area contributed by atoms with Crippen LogP contribution in [0.15, 0.2) is 48.5 Å². The minimum Gasteiger partial charge on any atom is -0.431 e. The number of ether oxygens (including phenoxy) is 1. The van der Waals surface area contributed by atoms with Gasteiger partial charge in [0.25, 0.3) is 5.19 Å². The van der Waals surface area contributed by atoms with Gasteiger partial charge < -0.3 is 10.1 Å². The number of carbonyl (C=O) groups excluding carboxylic acids is 1. The van der Waals surface area contributed by atoms with Crippen LogP contribution < -0.4 is 10.1 Å². The van der Waals surface area contributed by atoms with E-state index in [4.69, 9.17) is 4.74 Å². The monoisotopic (exact) mass is 339 g/mol. The summed E-state index contributed by atoms with van der Waals surface area (Å²) in [7, 11) is 0. The quantitative estimate of drug-likeness (QED) is 0.794. The molecule has 6 heteroatoms. The summed E-state index contributed by atoms with van der Waals surface area (Å²) in [4.78, 5) is 18.0. The molecule has 0 radical (unpaired) electrons. The van der Waals surface area contributed by atoms with Crippen molar-refractivity contribution in [3.63, 3.8) is 0 Å². The van der Waals surface area contributed by atoms with Gasteiger partial charge >= 0.3 is 0 Å². The lowest BCUT2D eigenvalue weighted by Gasteiger charge is -2.26. The molecule has 2 heterocycles. The number of benzene rings is 2. The van der Waals surface area contributed by atoms with Gasteiger partial charge in [-0.25, -0.2) is 4.98 Å². The molecule has 4 rings (SSSR count). The number of fused-ring (bicyclic) bond motifs is 1. The summed E-state index contributed by atoms with van der Waals surface area (Å²) in [6.45, 7) is 2.84. The lowest BCUT2D eigenvalue weighted by atomic mass is 10.2. The van der Waals surface area contributed by atoms with Gasteiger partial charge in [-0.05, 0) is 29.8 Å². The Morgan fingerprint density at radius 1 is 1.17 bits per heavy atom. The van der Waals surface area contributed by atoms with E-state index < -0.39 is 0 Å². The Hall–Kier alpha value is -2.44. The van der Waals surface area contributed by atoms with Crippen LogP contribution in [0.2, 0.25) is 0 Å². The van der Waals surface area contributed by atoms with Crippen molar-refractivity contribution < 1.29 is 9.53 Å². The Morgan fingerprint density at radius 3 is 2.79 bits per heavy atom. The molecule has 0 unspecified atom stereocenters. The van der Waals surface area contributed by atoms with Crippen LogP contribution in [0.5, 0.6) is 10.9 Å². The molecule has 0 saturated carbocycles. The van der Waals surface area contributed by atoms with Gasteiger partial charge in [0.15, 0.2) is 0 Å². The molecule has 1 saturated heterocycles. The maximum Gasteiger partial charge on any atom is 0.279 e. The van der Waals surface area contributed by atoms with Gasteiger partial charge in [0, 0.05) is 19.6 Å². The van der Waals surface area contributed by atoms with Gasteiger partial charge in [-0.3, -0.25) is 9.69 Å². The summed E-state index contributed by atoms with van der Waals surface area (Å²) < 4.78 is 6.97. The SMILES string of the molecule is O=C1CN(Cc2ccc(Oc3nc4ccccc4s3)cc2)CCN1. The predicted molar refractivity (Wildman–Crippen MR) is 94.4 cm³/mol. The second-order valence-electron chi connectivity index (χ2n) is 5.75. The Morgan fingerprint density at radius 2 is 2.00 bits per heavy atom. The maximum atomic E-state index is 11.4. The van der Waals surface area contributed by atoms with Crippen molar-refractivity contribution in [2.45, 2.75) is 6.54 Å². The molecular weight excluding hydrogens is 322 g/mol. The Kier molecular flexibility index (Phi) is 4.15. The van der Waals surface area contributed by atoms with E-state index in [2.05, 4.69) is 15.2 Å². The number of amides is 1. The third-order valence-electron chi connectivity index (χ3n) is 3.93. The molecule has 24 heavy (non-hydrogen) atoms. The topological polar surface area (TPSA) is 54.5 Å². The van der Waals surface area contributed by atoms with Crippen molar-refractivity contribution in [1.29, 1.82) is 0 Å². The van der Waals surface area contributed by atoms with Crippen LogP contribution >= 0.6 is 11.3 Å². The van der Waals surface area contributed by atoms with E-state index in [1.54, 1.807) is 0 Å². The van der Waals surface area contributed by atoms with Gasteiger partial charge in [-0.1, -0.05) is 35.6 Å². The zero-order chi connectivity index (χ0) is 16.4. The number of carbonyl (C=O) groups is 1. The zero-order valence-electron chi connectivity index (χ0n) is 13.1. The molecule has 1 aromatic heterocycles. The molecule has 1 amide bonds. The molecular formula is C18H17N3O2S. The molecule has 1 N–H and O–H groups in total. The number of aromatic nitrogens is 1. The zero-order valence-corrected chi connectivity index (χ0v) is 13.9. The minimum atomic E-state index is 0.0945. The second kappa shape index (κ2) is 6.59. The van der Waals surface area contributed by atoms with Crippen molar-refractivity contribution in [2.24, 2.45) is 0 Å². The molecule has 5 nitrogen and oxygen atoms in total. The maximum absolute atomic E-state index is 11.4. The Balaban J connectivity index is 1.42. The first-order chi connectivity index (χ1) is 11.8. The number of thiazole rings is 1. The summed E-state index contributed by atoms with van der Waals surface area (Å²) in [6, 6.07) is 16.0. The number of nitrogens with zero attached hydrogens (tertiary/aromatic N) is 2. The molecule has 0 bridgehead atoms. The number of hydrogen-bond donors (Lipinski definition) is 1. The van der Waals surface area contributed by atoms with E-state index >= 15 is 0 Å². The fraction of sp³-hybridized carbons (Fsp3) is 0.222. The van der Waals surface area contributed by atoms with Gasteiger partial charge in [0.05, 0.1) is 16.8 Å². The summed E-state index contributed by atoms with van der Waals surface area (Å²) in [5.41, 5.74) is 2.12. The molecule has 1 fully saturated rings. The first-order valence-corrected chi connectivity index (χ1v) is 8.69. The van der Waals surface area contributed by atoms with Crippen LogP contribution in [0.1, 0.15) is 5.56 Å². The van der Waals surface area contributed by atoms with Gasteiger partial charge in [0.2, 0.25) is 5.91 Å². The highest BCUT2D eigenvalue weighted by atomic mass is 32.1. The van der Waals surface area contributed by atoms with Crippen molar-refractivity contribution in [2.75, 3.05) is 19.6 Å². The molecule has 2 aromatic carbocycles. The summed E-state index contributed by atoms with van der Waals surface area (Å²) >= 11 is 1.54. The standard InChI is InChI=1S/C18H17N3O2S/c22-17-12-21(10-9-19-17)11-13-5-7-14(8-6-13)23-18-20-15-3-1-2-4-16(15)24-18/h1-8H,9-12H2,(H,19,22). The number of nitrogens with one attached hydrogen (secondary N) is 1. The van der Waals surface area contributed by atoms with E-state index in [1.165, 1.54) is 16.9 Å². The van der Waals surface area contributed by atoms with Crippen LogP contribution in [0.3, 0.4) is 0 Å². The Bertz CT molecular complexity index is 827. The minimum absolute atomic E-state index is 0.0945. The highest BCUT2D eigenvalue weighted by molar-refractivity contribution is 7.20. The van der Waals surface area contributed by atoms with Gasteiger partial charge in [-0.15, -0.1) is 0 Å². The average molecular weight is 339 g/mol. The average Bonchev–Trinajstić information content (AvgIpc) is 2.99. The normalized spacial score (nSPS) is 15.4. The lowest BCUT2D eigenvalue weighted by molar-refractivity contribution is -0.124. The molecule has 3 aromatic rings. The largest absolute Gasteiger partial charge is 0.431 e. The molecule has 0 atom stereocenters. The van der Waals surface area contributed by atoms with E-state index in [-0.39, 0.29) is 5.91 Å². The smallest absolute Gasteiger partial charge is 0.279 e. The fourth-order valence-electron chi connectivity index (χ4n) is 2.74. The lowest BCUT2D eigenvalue weighted by Crippen LogP contribution is -2.47. The third kappa shape index (κ3) is 3.39. The van der Waals surface area contributed by atoms with Gasteiger partial charge in [-0.2, -0.15) is 0 Å². The van der Waals surface area contributed by atoms with E-state index in [9.17, 15) is 4.79 Å². The van der Waals surface area contributed by atoms with Crippen molar-refractivity contribution in [1.82, 2.24) is 15.2 Å². The first-order valence-electron chi connectivity index (χ1n) is 7.88.